The number of nitrogens with one attached hydrogen (secondary N) is 1. The minimum Gasteiger partial charge on any atom is -0.489 e. The van der Waals surface area contributed by atoms with Gasteiger partial charge in [0.15, 0.2) is 0 Å². The van der Waals surface area contributed by atoms with Gasteiger partial charge in [-0.15, -0.1) is 6.58 Å². The van der Waals surface area contributed by atoms with E-state index in [4.69, 9.17) is 4.74 Å². The van der Waals surface area contributed by atoms with Crippen molar-refractivity contribution in [2.75, 3.05) is 6.54 Å². The second kappa shape index (κ2) is 8.28. The molecule has 0 bridgehead atoms. The minimum atomic E-state index is 0.593. The maximum atomic E-state index is 6.02. The van der Waals surface area contributed by atoms with Crippen LogP contribution in [0.2, 0.25) is 0 Å². The largest absolute Gasteiger partial charge is 0.489 e. The van der Waals surface area contributed by atoms with E-state index >= 15 is 0 Å². The van der Waals surface area contributed by atoms with E-state index in [1.54, 1.807) is 0 Å². The molecule has 0 aromatic heterocycles. The lowest BCUT2D eigenvalue weighted by atomic mass is 10.1. The topological polar surface area (TPSA) is 21.3 Å². The number of hydrogen-bond acceptors (Lipinski definition) is 2. The Labute approximate surface area is 127 Å². The molecule has 0 atom stereocenters. The zero-order chi connectivity index (χ0) is 14.9. The molecule has 0 spiro atoms. The molecule has 2 aromatic carbocycles. The molecule has 1 N–H and O–H groups in total. The fourth-order valence-electron chi connectivity index (χ4n) is 2.25. The molecular weight excluding hydrogens is 258 g/mol. The van der Waals surface area contributed by atoms with Gasteiger partial charge < -0.3 is 10.1 Å². The number of benzene rings is 2. The molecule has 0 aliphatic carbocycles. The summed E-state index contributed by atoms with van der Waals surface area (Å²) in [5.41, 5.74) is 3.70. The van der Waals surface area contributed by atoms with Crippen LogP contribution in [-0.2, 0) is 19.6 Å². The summed E-state index contributed by atoms with van der Waals surface area (Å²) in [6.07, 6.45) is 2.73. The Bertz CT molecular complexity index is 577. The van der Waals surface area contributed by atoms with Gasteiger partial charge in [-0.05, 0) is 35.7 Å². The van der Waals surface area contributed by atoms with Crippen LogP contribution in [0.25, 0.3) is 0 Å². The number of ether oxygens (including phenoxy) is 1. The van der Waals surface area contributed by atoms with Crippen molar-refractivity contribution in [2.45, 2.75) is 26.5 Å². The van der Waals surface area contributed by atoms with Crippen molar-refractivity contribution in [3.8, 4) is 5.75 Å². The Kier molecular flexibility index (Phi) is 6.04. The molecule has 2 rings (SSSR count). The monoisotopic (exact) mass is 281 g/mol. The van der Waals surface area contributed by atoms with Crippen LogP contribution in [0.4, 0.5) is 0 Å². The average Bonchev–Trinajstić information content (AvgIpc) is 2.53. The Hall–Kier alpha value is -2.06. The summed E-state index contributed by atoms with van der Waals surface area (Å²) < 4.78 is 6.02. The van der Waals surface area contributed by atoms with Crippen molar-refractivity contribution in [3.05, 3.63) is 77.9 Å². The highest BCUT2D eigenvalue weighted by molar-refractivity contribution is 5.35. The Morgan fingerprint density at radius 1 is 1.00 bits per heavy atom. The van der Waals surface area contributed by atoms with E-state index in [0.717, 1.165) is 25.3 Å². The summed E-state index contributed by atoms with van der Waals surface area (Å²) >= 11 is 0. The second-order valence-corrected chi connectivity index (χ2v) is 4.94. The summed E-state index contributed by atoms with van der Waals surface area (Å²) in [6.45, 7) is 8.36. The lowest BCUT2D eigenvalue weighted by Crippen LogP contribution is -2.14. The van der Waals surface area contributed by atoms with Crippen LogP contribution in [0.15, 0.2) is 61.2 Å². The molecule has 0 fully saturated rings. The lowest BCUT2D eigenvalue weighted by Gasteiger charge is -2.13. The van der Waals surface area contributed by atoms with Crippen LogP contribution in [0.5, 0.6) is 5.75 Å². The van der Waals surface area contributed by atoms with Crippen molar-refractivity contribution in [1.82, 2.24) is 5.32 Å². The predicted octanol–water partition coefficient (Wildman–Crippen LogP) is 4.10. The quantitative estimate of drug-likeness (QED) is 0.735. The third-order valence-corrected chi connectivity index (χ3v) is 3.40. The first-order valence-corrected chi connectivity index (χ1v) is 7.44. The predicted molar refractivity (Wildman–Crippen MR) is 88.5 cm³/mol. The molecule has 0 saturated heterocycles. The molecule has 0 unspecified atom stereocenters. The third-order valence-electron chi connectivity index (χ3n) is 3.40. The molecule has 0 saturated carbocycles. The van der Waals surface area contributed by atoms with Gasteiger partial charge in [0, 0.05) is 6.54 Å². The molecule has 0 aliphatic heterocycles. The number of hydrogen-bond donors (Lipinski definition) is 1. The molecule has 0 aliphatic rings. The van der Waals surface area contributed by atoms with Crippen LogP contribution < -0.4 is 10.1 Å². The van der Waals surface area contributed by atoms with Crippen LogP contribution in [0.1, 0.15) is 23.6 Å². The summed E-state index contributed by atoms with van der Waals surface area (Å²) in [7, 11) is 0. The van der Waals surface area contributed by atoms with E-state index in [9.17, 15) is 0 Å². The summed E-state index contributed by atoms with van der Waals surface area (Å²) in [5, 5.41) is 3.37. The smallest absolute Gasteiger partial charge is 0.123 e. The van der Waals surface area contributed by atoms with Crippen LogP contribution in [0, 0.1) is 0 Å². The fraction of sp³-hybridized carbons (Fsp3) is 0.263. The van der Waals surface area contributed by atoms with Crippen molar-refractivity contribution >= 4 is 0 Å². The van der Waals surface area contributed by atoms with Crippen molar-refractivity contribution < 1.29 is 4.74 Å². The summed E-state index contributed by atoms with van der Waals surface area (Å²) in [6, 6.07) is 16.6. The molecular formula is C19H23NO. The van der Waals surface area contributed by atoms with Gasteiger partial charge in [0.1, 0.15) is 12.4 Å². The van der Waals surface area contributed by atoms with E-state index in [-0.39, 0.29) is 0 Å². The third kappa shape index (κ3) is 4.47. The highest BCUT2D eigenvalue weighted by atomic mass is 16.5. The van der Waals surface area contributed by atoms with E-state index in [1.165, 1.54) is 16.7 Å². The maximum absolute atomic E-state index is 6.02. The van der Waals surface area contributed by atoms with E-state index < -0.39 is 0 Å². The molecule has 2 heteroatoms. The number of allylic oxidation sites excluding steroid dienone is 1. The maximum Gasteiger partial charge on any atom is 0.123 e. The van der Waals surface area contributed by atoms with Crippen LogP contribution in [0.3, 0.4) is 0 Å². The first kappa shape index (κ1) is 15.3. The zero-order valence-electron chi connectivity index (χ0n) is 12.6. The molecule has 110 valence electrons. The number of para-hydroxylation sites is 1. The normalized spacial score (nSPS) is 10.3. The van der Waals surface area contributed by atoms with Gasteiger partial charge >= 0.3 is 0 Å². The Morgan fingerprint density at radius 2 is 1.67 bits per heavy atom. The fourth-order valence-corrected chi connectivity index (χ4v) is 2.25. The standard InChI is InChI=1S/C19H23NO/c1-3-9-16-10-7-8-13-19(16)21-15-18-12-6-5-11-17(18)14-20-4-2/h3,5-8,10-13,20H,1,4,9,14-15H2,2H3. The van der Waals surface area contributed by atoms with Gasteiger partial charge in [-0.3, -0.25) is 0 Å². The van der Waals surface area contributed by atoms with Crippen molar-refractivity contribution in [3.63, 3.8) is 0 Å². The molecule has 2 nitrogen and oxygen atoms in total. The highest BCUT2D eigenvalue weighted by Crippen LogP contribution is 2.21. The van der Waals surface area contributed by atoms with Crippen LogP contribution in [-0.4, -0.2) is 6.54 Å². The second-order valence-electron chi connectivity index (χ2n) is 4.94. The van der Waals surface area contributed by atoms with Gasteiger partial charge in [0.05, 0.1) is 0 Å². The van der Waals surface area contributed by atoms with Crippen molar-refractivity contribution in [2.24, 2.45) is 0 Å². The van der Waals surface area contributed by atoms with Gasteiger partial charge in [0.2, 0.25) is 0 Å². The first-order chi connectivity index (χ1) is 10.3. The van der Waals surface area contributed by atoms with Crippen molar-refractivity contribution in [1.29, 1.82) is 0 Å². The molecule has 0 radical (unpaired) electrons. The zero-order valence-corrected chi connectivity index (χ0v) is 12.6. The Morgan fingerprint density at radius 3 is 2.38 bits per heavy atom. The molecule has 0 amide bonds. The van der Waals surface area contributed by atoms with Gasteiger partial charge in [-0.25, -0.2) is 0 Å². The SMILES string of the molecule is C=CCc1ccccc1OCc1ccccc1CNCC. The first-order valence-electron chi connectivity index (χ1n) is 7.44. The Balaban J connectivity index is 2.08. The van der Waals surface area contributed by atoms with Gasteiger partial charge in [0.25, 0.3) is 0 Å². The van der Waals surface area contributed by atoms with E-state index in [1.807, 2.05) is 24.3 Å². The van der Waals surface area contributed by atoms with Gasteiger partial charge in [-0.2, -0.15) is 0 Å². The molecule has 21 heavy (non-hydrogen) atoms. The molecule has 0 heterocycles. The van der Waals surface area contributed by atoms with Gasteiger partial charge in [-0.1, -0.05) is 55.5 Å². The van der Waals surface area contributed by atoms with E-state index in [2.05, 4.69) is 49.2 Å². The summed E-state index contributed by atoms with van der Waals surface area (Å²) in [4.78, 5) is 0. The highest BCUT2D eigenvalue weighted by Gasteiger charge is 2.05. The average molecular weight is 281 g/mol. The number of rotatable bonds is 8. The van der Waals surface area contributed by atoms with E-state index in [0.29, 0.717) is 6.61 Å². The minimum absolute atomic E-state index is 0.593. The lowest BCUT2D eigenvalue weighted by molar-refractivity contribution is 0.302. The van der Waals surface area contributed by atoms with Crippen LogP contribution >= 0.6 is 0 Å². The molecule has 2 aromatic rings. The summed E-state index contributed by atoms with van der Waals surface area (Å²) in [5.74, 6) is 0.940.